The number of hydrogen-bond donors (Lipinski definition) is 2. The lowest BCUT2D eigenvalue weighted by molar-refractivity contribution is 0.0935. The van der Waals surface area contributed by atoms with Crippen molar-refractivity contribution in [2.75, 3.05) is 19.8 Å². The van der Waals surface area contributed by atoms with Gasteiger partial charge in [-0.2, -0.15) is 0 Å². The van der Waals surface area contributed by atoms with Gasteiger partial charge in [-0.15, -0.1) is 5.10 Å². The Morgan fingerprint density at radius 1 is 1.73 bits per heavy atom. The molecule has 1 aliphatic rings. The van der Waals surface area contributed by atoms with Gasteiger partial charge in [0.05, 0.1) is 6.61 Å². The van der Waals surface area contributed by atoms with Crippen molar-refractivity contribution in [3.8, 4) is 0 Å². The van der Waals surface area contributed by atoms with Crippen LogP contribution in [0.25, 0.3) is 0 Å². The maximum Gasteiger partial charge on any atom is 0.290 e. The number of hydrogen-bond acceptors (Lipinski definition) is 4. The Hall–Kier alpha value is -1.43. The molecule has 0 spiro atoms. The van der Waals surface area contributed by atoms with E-state index in [0.717, 1.165) is 19.6 Å². The van der Waals surface area contributed by atoms with E-state index in [1.165, 1.54) is 0 Å². The molecule has 82 valence electrons. The third-order valence-corrected chi connectivity index (χ3v) is 2.38. The van der Waals surface area contributed by atoms with Gasteiger partial charge in [-0.3, -0.25) is 9.89 Å². The first-order chi connectivity index (χ1) is 7.25. The van der Waals surface area contributed by atoms with E-state index in [0.29, 0.717) is 18.3 Å². The van der Waals surface area contributed by atoms with E-state index in [9.17, 15) is 4.79 Å². The molecular formula is C9H14N4O2. The van der Waals surface area contributed by atoms with Crippen molar-refractivity contribution >= 4 is 5.91 Å². The van der Waals surface area contributed by atoms with Crippen molar-refractivity contribution in [3.63, 3.8) is 0 Å². The topological polar surface area (TPSA) is 79.9 Å². The van der Waals surface area contributed by atoms with Gasteiger partial charge in [-0.25, -0.2) is 4.98 Å². The van der Waals surface area contributed by atoms with E-state index in [-0.39, 0.29) is 11.7 Å². The van der Waals surface area contributed by atoms with E-state index in [2.05, 4.69) is 20.5 Å². The second-order valence-corrected chi connectivity index (χ2v) is 3.68. The quantitative estimate of drug-likeness (QED) is 0.728. The van der Waals surface area contributed by atoms with Gasteiger partial charge in [-0.1, -0.05) is 0 Å². The number of aromatic amines is 1. The summed E-state index contributed by atoms with van der Waals surface area (Å²) >= 11 is 0. The number of amides is 1. The molecule has 1 amide bonds. The molecule has 0 radical (unpaired) electrons. The number of aromatic nitrogens is 3. The van der Waals surface area contributed by atoms with Crippen molar-refractivity contribution in [1.82, 2.24) is 20.5 Å². The maximum absolute atomic E-state index is 11.5. The normalized spacial score (nSPS) is 20.5. The van der Waals surface area contributed by atoms with Crippen LogP contribution in [-0.4, -0.2) is 40.8 Å². The van der Waals surface area contributed by atoms with E-state index < -0.39 is 0 Å². The largest absolute Gasteiger partial charge is 0.381 e. The monoisotopic (exact) mass is 210 g/mol. The lowest BCUT2D eigenvalue weighted by Gasteiger charge is -2.07. The summed E-state index contributed by atoms with van der Waals surface area (Å²) in [4.78, 5) is 15.5. The summed E-state index contributed by atoms with van der Waals surface area (Å²) in [6.07, 6.45) is 1.01. The number of nitrogens with zero attached hydrogens (tertiary/aromatic N) is 2. The van der Waals surface area contributed by atoms with E-state index in [1.54, 1.807) is 6.92 Å². The Balaban J connectivity index is 1.81. The van der Waals surface area contributed by atoms with Crippen molar-refractivity contribution in [1.29, 1.82) is 0 Å². The summed E-state index contributed by atoms with van der Waals surface area (Å²) in [5.74, 6) is 1.04. The summed E-state index contributed by atoms with van der Waals surface area (Å²) in [6, 6.07) is 0. The van der Waals surface area contributed by atoms with Gasteiger partial charge < -0.3 is 10.1 Å². The molecular weight excluding hydrogens is 196 g/mol. The number of nitrogens with one attached hydrogen (secondary N) is 2. The van der Waals surface area contributed by atoms with Crippen LogP contribution in [0.3, 0.4) is 0 Å². The fourth-order valence-electron chi connectivity index (χ4n) is 1.50. The van der Waals surface area contributed by atoms with Gasteiger partial charge in [0.1, 0.15) is 5.82 Å². The highest BCUT2D eigenvalue weighted by molar-refractivity contribution is 5.90. The Labute approximate surface area is 87.4 Å². The first kappa shape index (κ1) is 10.1. The number of ether oxygens (including phenoxy) is 1. The Bertz CT molecular complexity index is 344. The van der Waals surface area contributed by atoms with Gasteiger partial charge in [0.25, 0.3) is 5.91 Å². The zero-order valence-electron chi connectivity index (χ0n) is 8.62. The molecule has 1 aromatic rings. The van der Waals surface area contributed by atoms with Crippen LogP contribution in [0.4, 0.5) is 0 Å². The standard InChI is InChI=1S/C9H14N4O2/c1-6-11-8(13-12-6)9(14)10-4-7-2-3-15-5-7/h7H,2-5H2,1H3,(H,10,14)(H,11,12,13). The average Bonchev–Trinajstić information content (AvgIpc) is 2.84. The average molecular weight is 210 g/mol. The van der Waals surface area contributed by atoms with Crippen LogP contribution in [-0.2, 0) is 4.74 Å². The zero-order chi connectivity index (χ0) is 10.7. The highest BCUT2D eigenvalue weighted by atomic mass is 16.5. The van der Waals surface area contributed by atoms with Crippen LogP contribution in [0.15, 0.2) is 0 Å². The molecule has 15 heavy (non-hydrogen) atoms. The van der Waals surface area contributed by atoms with Crippen LogP contribution < -0.4 is 5.32 Å². The Morgan fingerprint density at radius 3 is 3.20 bits per heavy atom. The molecule has 0 saturated carbocycles. The molecule has 0 bridgehead atoms. The number of aryl methyl sites for hydroxylation is 1. The zero-order valence-corrected chi connectivity index (χ0v) is 8.62. The van der Waals surface area contributed by atoms with Crippen LogP contribution in [0.5, 0.6) is 0 Å². The molecule has 0 aliphatic carbocycles. The molecule has 6 heteroatoms. The molecule has 1 fully saturated rings. The van der Waals surface area contributed by atoms with Crippen LogP contribution in [0.1, 0.15) is 22.9 Å². The first-order valence-electron chi connectivity index (χ1n) is 5.00. The summed E-state index contributed by atoms with van der Waals surface area (Å²) in [7, 11) is 0. The van der Waals surface area contributed by atoms with Crippen molar-refractivity contribution in [3.05, 3.63) is 11.6 Å². The van der Waals surface area contributed by atoms with Crippen molar-refractivity contribution in [2.45, 2.75) is 13.3 Å². The molecule has 1 aliphatic heterocycles. The molecule has 6 nitrogen and oxygen atoms in total. The van der Waals surface area contributed by atoms with E-state index in [4.69, 9.17) is 4.74 Å². The molecule has 0 aromatic carbocycles. The smallest absolute Gasteiger partial charge is 0.290 e. The van der Waals surface area contributed by atoms with Gasteiger partial charge in [0, 0.05) is 19.1 Å². The number of carbonyl (C=O) groups excluding carboxylic acids is 1. The highest BCUT2D eigenvalue weighted by Crippen LogP contribution is 2.10. The Kier molecular flexibility index (Phi) is 2.96. The maximum atomic E-state index is 11.5. The second-order valence-electron chi connectivity index (χ2n) is 3.68. The number of H-pyrrole nitrogens is 1. The number of carbonyl (C=O) groups is 1. The predicted molar refractivity (Wildman–Crippen MR) is 52.4 cm³/mol. The highest BCUT2D eigenvalue weighted by Gasteiger charge is 2.18. The minimum absolute atomic E-state index is 0.200. The first-order valence-corrected chi connectivity index (χ1v) is 5.00. The van der Waals surface area contributed by atoms with E-state index >= 15 is 0 Å². The fraction of sp³-hybridized carbons (Fsp3) is 0.667. The molecule has 1 atom stereocenters. The lowest BCUT2D eigenvalue weighted by atomic mass is 10.1. The fourth-order valence-corrected chi connectivity index (χ4v) is 1.50. The summed E-state index contributed by atoms with van der Waals surface area (Å²) in [6.45, 7) is 3.91. The number of rotatable bonds is 3. The van der Waals surface area contributed by atoms with Crippen LogP contribution in [0, 0.1) is 12.8 Å². The van der Waals surface area contributed by atoms with Gasteiger partial charge in [0.2, 0.25) is 5.82 Å². The molecule has 1 unspecified atom stereocenters. The Morgan fingerprint density at radius 2 is 2.60 bits per heavy atom. The second kappa shape index (κ2) is 4.39. The summed E-state index contributed by atoms with van der Waals surface area (Å²) in [5.41, 5.74) is 0. The lowest BCUT2D eigenvalue weighted by Crippen LogP contribution is -2.30. The SMILES string of the molecule is Cc1nc(C(=O)NCC2CCOC2)n[nH]1. The molecule has 2 rings (SSSR count). The van der Waals surface area contributed by atoms with Gasteiger partial charge >= 0.3 is 0 Å². The molecule has 2 heterocycles. The summed E-state index contributed by atoms with van der Waals surface area (Å²) < 4.78 is 5.21. The third-order valence-electron chi connectivity index (χ3n) is 2.38. The van der Waals surface area contributed by atoms with Gasteiger partial charge in [0.15, 0.2) is 0 Å². The molecule has 1 aromatic heterocycles. The molecule has 1 saturated heterocycles. The predicted octanol–water partition coefficient (Wildman–Crippen LogP) is -0.121. The minimum atomic E-state index is -0.230. The van der Waals surface area contributed by atoms with Crippen molar-refractivity contribution in [2.24, 2.45) is 5.92 Å². The van der Waals surface area contributed by atoms with Gasteiger partial charge in [-0.05, 0) is 13.3 Å². The van der Waals surface area contributed by atoms with Crippen LogP contribution >= 0.6 is 0 Å². The van der Waals surface area contributed by atoms with Crippen LogP contribution in [0.2, 0.25) is 0 Å². The van der Waals surface area contributed by atoms with E-state index in [1.807, 2.05) is 0 Å². The molecule has 2 N–H and O–H groups in total. The third kappa shape index (κ3) is 2.53. The minimum Gasteiger partial charge on any atom is -0.381 e. The summed E-state index contributed by atoms with van der Waals surface area (Å²) in [5, 5.41) is 9.20. The van der Waals surface area contributed by atoms with Crippen molar-refractivity contribution < 1.29 is 9.53 Å².